The highest BCUT2D eigenvalue weighted by Crippen LogP contribution is 2.43. The fourth-order valence-electron chi connectivity index (χ4n) is 4.16. The lowest BCUT2D eigenvalue weighted by molar-refractivity contribution is 0.0454. The maximum Gasteiger partial charge on any atom is 0.346 e. The second kappa shape index (κ2) is 10.2. The summed E-state index contributed by atoms with van der Waals surface area (Å²) in [6.07, 6.45) is 4.11. The van der Waals surface area contributed by atoms with Gasteiger partial charge in [-0.25, -0.2) is 4.79 Å². The van der Waals surface area contributed by atoms with Gasteiger partial charge in [0.1, 0.15) is 29.4 Å². The molecule has 5 heteroatoms. The number of aliphatic hydroxyl groups excluding tert-OH is 1. The topological polar surface area (TPSA) is 65.0 Å². The SMILES string of the molecule is CCCCCc1cc(C)cc2c1Oc1ccc(C(O)CC(C)C)c(OC)c1C(=O)OC2. The number of methoxy groups -OCH3 is 1. The summed E-state index contributed by atoms with van der Waals surface area (Å²) in [6, 6.07) is 7.68. The summed E-state index contributed by atoms with van der Waals surface area (Å²) in [4.78, 5) is 13.0. The van der Waals surface area contributed by atoms with E-state index < -0.39 is 12.1 Å². The molecule has 0 aliphatic carbocycles. The lowest BCUT2D eigenvalue weighted by atomic mass is 9.96. The number of carbonyl (C=O) groups is 1. The van der Waals surface area contributed by atoms with Crippen molar-refractivity contribution < 1.29 is 24.1 Å². The predicted octanol–water partition coefficient (Wildman–Crippen LogP) is 6.28. The molecular weight excluding hydrogens is 392 g/mol. The highest BCUT2D eigenvalue weighted by Gasteiger charge is 2.29. The van der Waals surface area contributed by atoms with Crippen LogP contribution in [0.5, 0.6) is 17.2 Å². The van der Waals surface area contributed by atoms with Gasteiger partial charge in [0.2, 0.25) is 0 Å². The van der Waals surface area contributed by atoms with Gasteiger partial charge in [-0.05, 0) is 55.9 Å². The largest absolute Gasteiger partial charge is 0.495 e. The van der Waals surface area contributed by atoms with Crippen molar-refractivity contribution in [3.8, 4) is 17.2 Å². The molecule has 0 bridgehead atoms. The van der Waals surface area contributed by atoms with Crippen LogP contribution in [-0.2, 0) is 17.8 Å². The number of benzene rings is 2. The first kappa shape index (κ1) is 23.1. The van der Waals surface area contributed by atoms with E-state index in [-0.39, 0.29) is 12.2 Å². The van der Waals surface area contributed by atoms with Crippen molar-refractivity contribution in [1.82, 2.24) is 0 Å². The molecule has 0 saturated heterocycles. The molecule has 0 radical (unpaired) electrons. The lowest BCUT2D eigenvalue weighted by Gasteiger charge is -2.24. The zero-order valence-corrected chi connectivity index (χ0v) is 19.3. The molecule has 1 unspecified atom stereocenters. The minimum atomic E-state index is -0.738. The van der Waals surface area contributed by atoms with Gasteiger partial charge in [-0.15, -0.1) is 0 Å². The molecule has 31 heavy (non-hydrogen) atoms. The Morgan fingerprint density at radius 1 is 1.19 bits per heavy atom. The molecule has 1 N–H and O–H groups in total. The van der Waals surface area contributed by atoms with Gasteiger partial charge in [-0.2, -0.15) is 0 Å². The zero-order valence-electron chi connectivity index (χ0n) is 19.3. The number of unbranched alkanes of at least 4 members (excludes halogenated alkanes) is 2. The van der Waals surface area contributed by atoms with E-state index in [0.29, 0.717) is 29.4 Å². The van der Waals surface area contributed by atoms with E-state index in [1.165, 1.54) is 7.11 Å². The van der Waals surface area contributed by atoms with Crippen LogP contribution in [0, 0.1) is 12.8 Å². The molecule has 1 atom stereocenters. The third kappa shape index (κ3) is 5.21. The van der Waals surface area contributed by atoms with Gasteiger partial charge < -0.3 is 19.3 Å². The number of cyclic esters (lactones) is 1. The van der Waals surface area contributed by atoms with E-state index in [0.717, 1.165) is 48.1 Å². The fourth-order valence-corrected chi connectivity index (χ4v) is 4.16. The molecule has 0 spiro atoms. The average Bonchev–Trinajstić information content (AvgIpc) is 2.71. The number of hydrogen-bond donors (Lipinski definition) is 1. The fraction of sp³-hybridized carbons (Fsp3) is 0.500. The zero-order chi connectivity index (χ0) is 22.5. The molecule has 0 amide bonds. The first-order valence-corrected chi connectivity index (χ1v) is 11.2. The molecule has 0 aromatic heterocycles. The molecule has 2 aromatic rings. The van der Waals surface area contributed by atoms with Crippen molar-refractivity contribution >= 4 is 5.97 Å². The van der Waals surface area contributed by atoms with Crippen molar-refractivity contribution in [3.05, 3.63) is 52.1 Å². The lowest BCUT2D eigenvalue weighted by Crippen LogP contribution is -2.15. The first-order valence-electron chi connectivity index (χ1n) is 11.2. The number of fused-ring (bicyclic) bond motifs is 2. The van der Waals surface area contributed by atoms with Crippen LogP contribution in [0.1, 0.15) is 85.2 Å². The van der Waals surface area contributed by atoms with Crippen LogP contribution in [0.25, 0.3) is 0 Å². The highest BCUT2D eigenvalue weighted by molar-refractivity contribution is 5.96. The summed E-state index contributed by atoms with van der Waals surface area (Å²) in [6.45, 7) is 8.45. The van der Waals surface area contributed by atoms with E-state index in [9.17, 15) is 9.90 Å². The van der Waals surface area contributed by atoms with Crippen molar-refractivity contribution in [2.75, 3.05) is 7.11 Å². The third-order valence-corrected chi connectivity index (χ3v) is 5.62. The maximum absolute atomic E-state index is 13.0. The predicted molar refractivity (Wildman–Crippen MR) is 121 cm³/mol. The number of aliphatic hydroxyl groups is 1. The monoisotopic (exact) mass is 426 g/mol. The van der Waals surface area contributed by atoms with E-state index >= 15 is 0 Å². The van der Waals surface area contributed by atoms with Gasteiger partial charge in [-0.1, -0.05) is 45.2 Å². The Labute approximate surface area is 185 Å². The molecule has 3 rings (SSSR count). The smallest absolute Gasteiger partial charge is 0.346 e. The maximum atomic E-state index is 13.0. The molecule has 1 aliphatic rings. The average molecular weight is 427 g/mol. The van der Waals surface area contributed by atoms with E-state index in [4.69, 9.17) is 14.2 Å². The van der Waals surface area contributed by atoms with Crippen LogP contribution in [0.2, 0.25) is 0 Å². The summed E-state index contributed by atoms with van der Waals surface area (Å²) < 4.78 is 17.6. The number of carbonyl (C=O) groups excluding carboxylic acids is 1. The van der Waals surface area contributed by atoms with Gasteiger partial charge in [0.15, 0.2) is 0 Å². The number of rotatable bonds is 8. The normalized spacial score (nSPS) is 14.1. The summed E-state index contributed by atoms with van der Waals surface area (Å²) in [5.41, 5.74) is 3.91. The quantitative estimate of drug-likeness (QED) is 0.398. The van der Waals surface area contributed by atoms with Crippen molar-refractivity contribution in [1.29, 1.82) is 0 Å². The summed E-state index contributed by atoms with van der Waals surface area (Å²) in [7, 11) is 1.50. The van der Waals surface area contributed by atoms with Crippen LogP contribution in [0.4, 0.5) is 0 Å². The van der Waals surface area contributed by atoms with Crippen LogP contribution in [0.15, 0.2) is 24.3 Å². The van der Waals surface area contributed by atoms with Crippen molar-refractivity contribution in [2.45, 2.75) is 72.5 Å². The van der Waals surface area contributed by atoms with E-state index in [1.54, 1.807) is 12.1 Å². The molecule has 1 aliphatic heterocycles. The first-order chi connectivity index (χ1) is 14.8. The van der Waals surface area contributed by atoms with Gasteiger partial charge >= 0.3 is 5.97 Å². The third-order valence-electron chi connectivity index (χ3n) is 5.62. The molecule has 168 valence electrons. The summed E-state index contributed by atoms with van der Waals surface area (Å²) in [5, 5.41) is 10.7. The molecule has 0 saturated carbocycles. The Kier molecular flexibility index (Phi) is 7.60. The molecular formula is C26H34O5. The Morgan fingerprint density at radius 2 is 1.97 bits per heavy atom. The Bertz CT molecular complexity index is 932. The molecule has 2 aromatic carbocycles. The van der Waals surface area contributed by atoms with Crippen molar-refractivity contribution in [2.24, 2.45) is 5.92 Å². The van der Waals surface area contributed by atoms with Gasteiger partial charge in [0.25, 0.3) is 0 Å². The summed E-state index contributed by atoms with van der Waals surface area (Å²) in [5.74, 6) is 1.26. The Morgan fingerprint density at radius 3 is 2.65 bits per heavy atom. The van der Waals surface area contributed by atoms with E-state index in [2.05, 4.69) is 13.0 Å². The molecule has 1 heterocycles. The Balaban J connectivity index is 2.08. The second-order valence-electron chi connectivity index (χ2n) is 8.75. The van der Waals surface area contributed by atoms with Crippen LogP contribution in [-0.4, -0.2) is 18.2 Å². The number of aryl methyl sites for hydroxylation is 2. The summed E-state index contributed by atoms with van der Waals surface area (Å²) >= 11 is 0. The second-order valence-corrected chi connectivity index (χ2v) is 8.75. The van der Waals surface area contributed by atoms with E-state index in [1.807, 2.05) is 26.8 Å². The van der Waals surface area contributed by atoms with Gasteiger partial charge in [0.05, 0.1) is 13.2 Å². The Hall–Kier alpha value is -2.53. The molecule has 5 nitrogen and oxygen atoms in total. The minimum Gasteiger partial charge on any atom is -0.495 e. The highest BCUT2D eigenvalue weighted by atomic mass is 16.5. The molecule has 0 fully saturated rings. The minimum absolute atomic E-state index is 0.137. The number of hydrogen-bond acceptors (Lipinski definition) is 5. The van der Waals surface area contributed by atoms with Crippen LogP contribution < -0.4 is 9.47 Å². The number of ether oxygens (including phenoxy) is 3. The van der Waals surface area contributed by atoms with Crippen LogP contribution in [0.3, 0.4) is 0 Å². The van der Waals surface area contributed by atoms with Gasteiger partial charge in [0, 0.05) is 11.1 Å². The van der Waals surface area contributed by atoms with Gasteiger partial charge in [-0.3, -0.25) is 0 Å². The van der Waals surface area contributed by atoms with Crippen LogP contribution >= 0.6 is 0 Å². The number of esters is 1. The van der Waals surface area contributed by atoms with Crippen molar-refractivity contribution in [3.63, 3.8) is 0 Å². The standard InChI is InChI=1S/C26H34O5/c1-6-7-8-9-18-13-17(4)14-19-15-30-26(28)23-22(31-24(18)19)11-10-20(25(23)29-5)21(27)12-16(2)3/h10-11,13-14,16,21,27H,6-9,12,15H2,1-5H3.